The highest BCUT2D eigenvalue weighted by Crippen LogP contribution is 2.44. The molecule has 0 aliphatic carbocycles. The number of nitrogens with zero attached hydrogens (tertiary/aromatic N) is 1. The van der Waals surface area contributed by atoms with E-state index in [1.807, 2.05) is 6.07 Å². The average molecular weight is 594 g/mol. The Morgan fingerprint density at radius 1 is 0.457 bits per heavy atom. The van der Waals surface area contributed by atoms with Gasteiger partial charge >= 0.3 is 0 Å². The van der Waals surface area contributed by atoms with Gasteiger partial charge in [0.1, 0.15) is 11.3 Å². The van der Waals surface area contributed by atoms with Crippen LogP contribution in [0.5, 0.6) is 0 Å². The Labute approximate surface area is 270 Å². The number of benzene rings is 7. The standard InChI is InChI=1S/C44H35NO/c1-44(2,3)42-39-22-11-12-23-41(39)46-43(42)32-15-13-18-35(28-32)45(33-16-5-4-6-17-33)34-26-24-30(25-27-34)40-29-31-14-7-8-19-36(31)37-20-9-10-21-38(37)40/h4-29H,1-3H3. The third kappa shape index (κ3) is 4.83. The predicted octanol–water partition coefficient (Wildman–Crippen LogP) is 12.8. The van der Waals surface area contributed by atoms with Crippen molar-refractivity contribution in [1.29, 1.82) is 0 Å². The molecule has 0 aliphatic rings. The molecule has 7 aromatic carbocycles. The predicted molar refractivity (Wildman–Crippen MR) is 195 cm³/mol. The molecule has 0 N–H and O–H groups in total. The van der Waals surface area contributed by atoms with Crippen LogP contribution in [0, 0.1) is 0 Å². The maximum Gasteiger partial charge on any atom is 0.139 e. The summed E-state index contributed by atoms with van der Waals surface area (Å²) in [5.74, 6) is 0.932. The second-order valence-corrected chi connectivity index (χ2v) is 13.0. The molecule has 0 aliphatic heterocycles. The molecule has 2 heteroatoms. The van der Waals surface area contributed by atoms with E-state index in [2.05, 4.69) is 177 Å². The van der Waals surface area contributed by atoms with Crippen LogP contribution in [0.2, 0.25) is 0 Å². The zero-order valence-corrected chi connectivity index (χ0v) is 26.4. The highest BCUT2D eigenvalue weighted by atomic mass is 16.3. The Kier molecular flexibility index (Phi) is 6.73. The van der Waals surface area contributed by atoms with Gasteiger partial charge in [-0.15, -0.1) is 0 Å². The van der Waals surface area contributed by atoms with Crippen LogP contribution in [0.1, 0.15) is 26.3 Å². The monoisotopic (exact) mass is 593 g/mol. The number of rotatable bonds is 5. The van der Waals surface area contributed by atoms with Crippen LogP contribution in [-0.2, 0) is 5.41 Å². The summed E-state index contributed by atoms with van der Waals surface area (Å²) in [5, 5.41) is 6.26. The van der Waals surface area contributed by atoms with Gasteiger partial charge in [-0.3, -0.25) is 0 Å². The van der Waals surface area contributed by atoms with Gasteiger partial charge in [-0.25, -0.2) is 0 Å². The van der Waals surface area contributed by atoms with Crippen LogP contribution in [-0.4, -0.2) is 0 Å². The molecule has 0 unspecified atom stereocenters. The number of hydrogen-bond acceptors (Lipinski definition) is 2. The van der Waals surface area contributed by atoms with Gasteiger partial charge in [0.25, 0.3) is 0 Å². The second-order valence-electron chi connectivity index (χ2n) is 13.0. The summed E-state index contributed by atoms with van der Waals surface area (Å²) in [6.45, 7) is 6.77. The van der Waals surface area contributed by atoms with Gasteiger partial charge in [0.2, 0.25) is 0 Å². The minimum absolute atomic E-state index is 0.0835. The molecule has 0 saturated carbocycles. The van der Waals surface area contributed by atoms with Crippen molar-refractivity contribution in [3.8, 4) is 22.5 Å². The first-order chi connectivity index (χ1) is 22.5. The van der Waals surface area contributed by atoms with E-state index < -0.39 is 0 Å². The molecule has 1 aromatic heterocycles. The van der Waals surface area contributed by atoms with Gasteiger partial charge in [0, 0.05) is 33.6 Å². The number of anilines is 3. The van der Waals surface area contributed by atoms with E-state index in [1.54, 1.807) is 0 Å². The fourth-order valence-electron chi connectivity index (χ4n) is 6.89. The first-order valence-electron chi connectivity index (χ1n) is 15.9. The van der Waals surface area contributed by atoms with Crippen molar-refractivity contribution in [3.05, 3.63) is 163 Å². The van der Waals surface area contributed by atoms with Gasteiger partial charge < -0.3 is 9.32 Å². The van der Waals surface area contributed by atoms with Crippen molar-refractivity contribution in [2.75, 3.05) is 4.90 Å². The number of fused-ring (bicyclic) bond motifs is 4. The molecule has 222 valence electrons. The van der Waals surface area contributed by atoms with Crippen molar-refractivity contribution in [1.82, 2.24) is 0 Å². The molecule has 0 radical (unpaired) electrons. The lowest BCUT2D eigenvalue weighted by atomic mass is 9.83. The van der Waals surface area contributed by atoms with E-state index in [9.17, 15) is 0 Å². The highest BCUT2D eigenvalue weighted by Gasteiger charge is 2.26. The van der Waals surface area contributed by atoms with E-state index in [0.29, 0.717) is 0 Å². The Bertz CT molecular complexity index is 2340. The molecular weight excluding hydrogens is 558 g/mol. The summed E-state index contributed by atoms with van der Waals surface area (Å²) in [4.78, 5) is 2.32. The van der Waals surface area contributed by atoms with Crippen LogP contribution in [0.3, 0.4) is 0 Å². The lowest BCUT2D eigenvalue weighted by molar-refractivity contribution is 0.568. The fourth-order valence-corrected chi connectivity index (χ4v) is 6.89. The van der Waals surface area contributed by atoms with E-state index in [1.165, 1.54) is 43.6 Å². The Morgan fingerprint density at radius 2 is 1.07 bits per heavy atom. The average Bonchev–Trinajstić information content (AvgIpc) is 3.50. The molecular formula is C44H35NO. The zero-order chi connectivity index (χ0) is 31.3. The van der Waals surface area contributed by atoms with E-state index in [0.717, 1.165) is 34.0 Å². The van der Waals surface area contributed by atoms with Gasteiger partial charge in [0.05, 0.1) is 0 Å². The molecule has 46 heavy (non-hydrogen) atoms. The molecule has 0 spiro atoms. The second kappa shape index (κ2) is 11.1. The zero-order valence-electron chi connectivity index (χ0n) is 26.4. The Hall–Kier alpha value is -5.60. The summed E-state index contributed by atoms with van der Waals surface area (Å²) < 4.78 is 6.57. The number of furan rings is 1. The smallest absolute Gasteiger partial charge is 0.139 e. The van der Waals surface area contributed by atoms with E-state index >= 15 is 0 Å². The normalized spacial score (nSPS) is 11.8. The maximum absolute atomic E-state index is 6.57. The summed E-state index contributed by atoms with van der Waals surface area (Å²) in [6, 6.07) is 56.4. The molecule has 0 atom stereocenters. The van der Waals surface area contributed by atoms with Crippen LogP contribution >= 0.6 is 0 Å². The van der Waals surface area contributed by atoms with Crippen LogP contribution in [0.4, 0.5) is 17.1 Å². The first-order valence-corrected chi connectivity index (χ1v) is 15.9. The quantitative estimate of drug-likeness (QED) is 0.185. The molecule has 0 saturated heterocycles. The third-order valence-corrected chi connectivity index (χ3v) is 8.93. The van der Waals surface area contributed by atoms with Crippen molar-refractivity contribution >= 4 is 49.6 Å². The summed E-state index contributed by atoms with van der Waals surface area (Å²) in [5.41, 5.74) is 8.86. The van der Waals surface area contributed by atoms with Gasteiger partial charge in [-0.05, 0) is 86.6 Å². The van der Waals surface area contributed by atoms with Gasteiger partial charge in [-0.2, -0.15) is 0 Å². The summed E-state index contributed by atoms with van der Waals surface area (Å²) in [7, 11) is 0. The first kappa shape index (κ1) is 27.9. The van der Waals surface area contributed by atoms with Crippen molar-refractivity contribution in [3.63, 3.8) is 0 Å². The SMILES string of the molecule is CC(C)(C)c1c(-c2cccc(N(c3ccccc3)c3ccc(-c4cc5ccccc5c5ccccc45)cc3)c2)oc2ccccc12. The van der Waals surface area contributed by atoms with Crippen LogP contribution in [0.25, 0.3) is 55.0 Å². The van der Waals surface area contributed by atoms with Gasteiger partial charge in [-0.1, -0.05) is 130 Å². The molecule has 0 fully saturated rings. The molecule has 2 nitrogen and oxygen atoms in total. The summed E-state index contributed by atoms with van der Waals surface area (Å²) in [6.07, 6.45) is 0. The third-order valence-electron chi connectivity index (χ3n) is 8.93. The minimum Gasteiger partial charge on any atom is -0.456 e. The van der Waals surface area contributed by atoms with Crippen molar-refractivity contribution in [2.45, 2.75) is 26.2 Å². The molecule has 0 bridgehead atoms. The van der Waals surface area contributed by atoms with Crippen LogP contribution in [0.15, 0.2) is 162 Å². The number of para-hydroxylation sites is 2. The van der Waals surface area contributed by atoms with Crippen molar-refractivity contribution in [2.24, 2.45) is 0 Å². The van der Waals surface area contributed by atoms with E-state index in [4.69, 9.17) is 4.42 Å². The lowest BCUT2D eigenvalue weighted by Crippen LogP contribution is -2.12. The topological polar surface area (TPSA) is 16.4 Å². The summed E-state index contributed by atoms with van der Waals surface area (Å²) >= 11 is 0. The molecule has 1 heterocycles. The largest absolute Gasteiger partial charge is 0.456 e. The van der Waals surface area contributed by atoms with Crippen LogP contribution < -0.4 is 4.90 Å². The fraction of sp³-hybridized carbons (Fsp3) is 0.0909. The maximum atomic E-state index is 6.57. The Morgan fingerprint density at radius 3 is 1.83 bits per heavy atom. The molecule has 0 amide bonds. The highest BCUT2D eigenvalue weighted by molar-refractivity contribution is 6.13. The minimum atomic E-state index is -0.0835. The van der Waals surface area contributed by atoms with Crippen molar-refractivity contribution < 1.29 is 4.42 Å². The molecule has 8 rings (SSSR count). The van der Waals surface area contributed by atoms with Gasteiger partial charge in [0.15, 0.2) is 0 Å². The lowest BCUT2D eigenvalue weighted by Gasteiger charge is -2.26. The number of hydrogen-bond donors (Lipinski definition) is 0. The Balaban J connectivity index is 1.25. The molecule has 8 aromatic rings. The van der Waals surface area contributed by atoms with E-state index in [-0.39, 0.29) is 5.41 Å².